The molecule has 11 N–H and O–H groups in total. The number of ether oxygens (including phenoxy) is 1. The summed E-state index contributed by atoms with van der Waals surface area (Å²) in [7, 11) is -3.76. The van der Waals surface area contributed by atoms with E-state index in [4.69, 9.17) is 20.8 Å². The third-order valence-corrected chi connectivity index (χ3v) is 12.0. The number of hydrogen-bond acceptors (Lipinski definition) is 14. The van der Waals surface area contributed by atoms with E-state index in [-0.39, 0.29) is 51.0 Å². The minimum Gasteiger partial charge on any atom is -0.458 e. The number of nitrogens with one attached hydrogen (secondary N) is 4. The summed E-state index contributed by atoms with van der Waals surface area (Å²) in [5.74, 6) is -7.96. The van der Waals surface area contributed by atoms with Gasteiger partial charge >= 0.3 is 16.4 Å². The number of likely N-dealkylation sites (N-methyl/N-ethyl adjacent to an activating group) is 1. The number of aliphatic hydroxyl groups excluding tert-OH is 2. The van der Waals surface area contributed by atoms with Gasteiger partial charge in [0.05, 0.1) is 0 Å². The molecule has 0 saturated carbocycles. The number of nitrogens with zero attached hydrogens (tertiary/aromatic N) is 3. The zero-order chi connectivity index (χ0) is 49.6. The van der Waals surface area contributed by atoms with Gasteiger partial charge in [0.1, 0.15) is 55.2 Å². The van der Waals surface area contributed by atoms with Crippen molar-refractivity contribution in [2.75, 3.05) is 20.2 Å². The van der Waals surface area contributed by atoms with Crippen LogP contribution in [0.5, 0.6) is 0 Å². The molecule has 2 aliphatic heterocycles. The first-order chi connectivity index (χ1) is 31.6. The molecule has 2 heterocycles. The molecule has 2 fully saturated rings. The average Bonchev–Trinajstić information content (AvgIpc) is 3.28. The lowest BCUT2D eigenvalue weighted by Gasteiger charge is -2.43. The van der Waals surface area contributed by atoms with Gasteiger partial charge in [-0.3, -0.25) is 38.3 Å². The monoisotopic (exact) mass is 959 g/mol. The molecule has 0 aromatic heterocycles. The third-order valence-electron chi connectivity index (χ3n) is 11.6. The number of carbonyl (C=O) groups is 7. The van der Waals surface area contributed by atoms with Gasteiger partial charge in [-0.15, -0.1) is 0 Å². The molecule has 2 bridgehead atoms. The number of fused-ring (bicyclic) bond motifs is 2. The van der Waals surface area contributed by atoms with E-state index in [1.165, 1.54) is 14.0 Å². The van der Waals surface area contributed by atoms with E-state index < -0.39 is 119 Å². The van der Waals surface area contributed by atoms with E-state index in [0.717, 1.165) is 9.80 Å². The van der Waals surface area contributed by atoms with Crippen molar-refractivity contribution in [2.24, 2.45) is 22.4 Å². The maximum Gasteiger partial charge on any atom is 0.397 e. The van der Waals surface area contributed by atoms with Crippen LogP contribution in [0.1, 0.15) is 64.0 Å². The van der Waals surface area contributed by atoms with Crippen LogP contribution in [0.3, 0.4) is 0 Å². The summed E-state index contributed by atoms with van der Waals surface area (Å²) in [6, 6.07) is 8.27. The molecule has 2 aromatic rings. The van der Waals surface area contributed by atoms with Crippen LogP contribution in [0.4, 0.5) is 0 Å². The number of hydrogen-bond donors (Lipinski definition) is 9. The molecule has 6 amide bonds. The number of cyclic esters (lactones) is 1. The van der Waals surface area contributed by atoms with Crippen molar-refractivity contribution >= 4 is 57.8 Å². The molecule has 23 nitrogen and oxygen atoms in total. The normalized spacial score (nSPS) is 25.8. The lowest BCUT2D eigenvalue weighted by Crippen LogP contribution is -2.65. The highest BCUT2D eigenvalue weighted by molar-refractivity contribution is 7.80. The fourth-order valence-corrected chi connectivity index (χ4v) is 7.90. The van der Waals surface area contributed by atoms with Gasteiger partial charge in [0, 0.05) is 26.4 Å². The van der Waals surface area contributed by atoms with Gasteiger partial charge in [0.2, 0.25) is 29.5 Å². The zero-order valence-electron chi connectivity index (χ0n) is 37.6. The Kier molecular flexibility index (Phi) is 19.6. The summed E-state index contributed by atoms with van der Waals surface area (Å²) in [4.78, 5) is 106. The second-order valence-corrected chi connectivity index (χ2v) is 17.6. The number of aliphatic imine (C=N–C) groups is 1. The van der Waals surface area contributed by atoms with Crippen molar-refractivity contribution in [1.29, 1.82) is 0 Å². The largest absolute Gasteiger partial charge is 0.458 e. The second kappa shape index (κ2) is 24.5. The molecular formula is C43H61N9O14S. The second-order valence-electron chi connectivity index (χ2n) is 16.5. The maximum absolute atomic E-state index is 15.0. The van der Waals surface area contributed by atoms with Crippen molar-refractivity contribution in [3.05, 3.63) is 71.8 Å². The Hall–Kier alpha value is -6.21. The summed E-state index contributed by atoms with van der Waals surface area (Å²) >= 11 is 0. The van der Waals surface area contributed by atoms with Gasteiger partial charge in [0.25, 0.3) is 5.91 Å². The molecule has 4 rings (SSSR count). The van der Waals surface area contributed by atoms with Crippen molar-refractivity contribution < 1.29 is 65.7 Å². The van der Waals surface area contributed by atoms with E-state index in [1.54, 1.807) is 74.5 Å². The first-order valence-electron chi connectivity index (χ1n) is 21.7. The van der Waals surface area contributed by atoms with Crippen LogP contribution >= 0.6 is 0 Å². The molecule has 24 heteroatoms. The van der Waals surface area contributed by atoms with Crippen LogP contribution in [0.2, 0.25) is 0 Å². The molecule has 0 unspecified atom stereocenters. The first-order valence-corrected chi connectivity index (χ1v) is 23.1. The van der Waals surface area contributed by atoms with Gasteiger partial charge in [-0.05, 0) is 49.7 Å². The molecule has 10 atom stereocenters. The Morgan fingerprint density at radius 2 is 1.51 bits per heavy atom. The molecule has 2 aliphatic rings. The van der Waals surface area contributed by atoms with Crippen LogP contribution in [0.25, 0.3) is 0 Å². The van der Waals surface area contributed by atoms with E-state index >= 15 is 0 Å². The number of esters is 1. The van der Waals surface area contributed by atoms with Gasteiger partial charge in [-0.25, -0.2) is 8.98 Å². The predicted octanol–water partition coefficient (Wildman–Crippen LogP) is -2.23. The Morgan fingerprint density at radius 3 is 2.07 bits per heavy atom. The van der Waals surface area contributed by atoms with Gasteiger partial charge in [0.15, 0.2) is 12.1 Å². The van der Waals surface area contributed by atoms with Crippen LogP contribution in [-0.2, 0) is 65.7 Å². The summed E-state index contributed by atoms with van der Waals surface area (Å²) in [6.45, 7) is 3.23. The third kappa shape index (κ3) is 15.4. The summed E-state index contributed by atoms with van der Waals surface area (Å²) in [5.41, 5.74) is 12.2. The number of piperidine rings is 1. The lowest BCUT2D eigenvalue weighted by atomic mass is 9.95. The molecule has 2 aromatic carbocycles. The number of guanidine groups is 1. The fourth-order valence-electron chi connectivity index (χ4n) is 7.59. The highest BCUT2D eigenvalue weighted by Crippen LogP contribution is 2.25. The predicted molar refractivity (Wildman–Crippen MR) is 239 cm³/mol. The average molecular weight is 960 g/mol. The molecule has 2 saturated heterocycles. The number of rotatable bonds is 15. The van der Waals surface area contributed by atoms with Crippen molar-refractivity contribution in [3.8, 4) is 0 Å². The summed E-state index contributed by atoms with van der Waals surface area (Å²) in [5, 5.41) is 31.9. The number of carbonyl (C=O) groups excluding carboxylic acids is 7. The van der Waals surface area contributed by atoms with Gasteiger partial charge < -0.3 is 57.5 Å². The SMILES string of the molecule is CC[C@@H](C)[C@H]1NC(=O)[C@@H](Cc2ccccc2)N(C)C(=O)[C@@H](Cc2ccccc2)N2C(=O)[C@@H](CC[C@@H]2O)NC(=O)[C@H](CCCN=C(N)N)NC(=O)[C@H](NC(=O)[C@@H](O)COS(=O)(=O)O)[C@@H](C)OC1=O. The maximum atomic E-state index is 15.0. The minimum absolute atomic E-state index is 0.0246. The number of nitrogens with two attached hydrogens (primary N) is 2. The Morgan fingerprint density at radius 1 is 0.910 bits per heavy atom. The first kappa shape index (κ1) is 53.4. The topological polar surface area (TPSA) is 352 Å². The number of benzene rings is 2. The zero-order valence-corrected chi connectivity index (χ0v) is 38.5. The quantitative estimate of drug-likeness (QED) is 0.0300. The number of aliphatic hydroxyl groups is 2. The minimum atomic E-state index is -5.13. The van der Waals surface area contributed by atoms with Crippen LogP contribution in [0, 0.1) is 5.92 Å². The van der Waals surface area contributed by atoms with Gasteiger partial charge in [-0.2, -0.15) is 8.42 Å². The highest BCUT2D eigenvalue weighted by Gasteiger charge is 2.46. The summed E-state index contributed by atoms with van der Waals surface area (Å²) in [6.07, 6.45) is -5.75. The van der Waals surface area contributed by atoms with Crippen molar-refractivity contribution in [3.63, 3.8) is 0 Å². The van der Waals surface area contributed by atoms with E-state index in [9.17, 15) is 52.2 Å². The fraction of sp³-hybridized carbons (Fsp3) is 0.535. The molecular weight excluding hydrogens is 899 g/mol. The Balaban J connectivity index is 1.88. The van der Waals surface area contributed by atoms with E-state index in [1.807, 2.05) is 0 Å². The smallest absolute Gasteiger partial charge is 0.397 e. The van der Waals surface area contributed by atoms with Crippen molar-refractivity contribution in [2.45, 2.75) is 120 Å². The van der Waals surface area contributed by atoms with Crippen LogP contribution < -0.4 is 32.7 Å². The summed E-state index contributed by atoms with van der Waals surface area (Å²) < 4.78 is 41.2. The molecule has 0 spiro atoms. The molecule has 67 heavy (non-hydrogen) atoms. The lowest BCUT2D eigenvalue weighted by molar-refractivity contribution is -0.165. The van der Waals surface area contributed by atoms with Crippen molar-refractivity contribution in [1.82, 2.24) is 31.1 Å². The standard InChI is InChI=1S/C43H61N9O14S/c1-5-24(2)34-42(61)66-25(3)35(50-38(57)32(53)23-65-67(62,63)64)39(58)47-28(17-12-20-46-43(44)45)36(55)48-29-18-19-33(54)52(40(29)59)31(22-27-15-10-7-11-16-27)41(60)51(4)30(37(56)49-34)21-26-13-8-6-9-14-26/h6-11,13-16,24-25,28-35,53-54H,5,12,17-23H2,1-4H3,(H,47,58)(H,48,55)(H,49,56)(H,50,57)(H4,44,45,46)(H,62,63,64)/t24-,25-,28+,29-,30-,31-,32+,33+,34-,35-/m1/s1. The highest BCUT2D eigenvalue weighted by atomic mass is 32.3. The Bertz CT molecular complexity index is 2200. The van der Waals surface area contributed by atoms with Gasteiger partial charge in [-0.1, -0.05) is 80.9 Å². The molecule has 0 radical (unpaired) electrons. The van der Waals surface area contributed by atoms with Crippen LogP contribution in [0.15, 0.2) is 65.7 Å². The van der Waals surface area contributed by atoms with Crippen LogP contribution in [-0.4, -0.2) is 155 Å². The Labute approximate surface area is 388 Å². The van der Waals surface area contributed by atoms with E-state index in [2.05, 4.69) is 30.4 Å². The molecule has 368 valence electrons. The number of amides is 6. The molecule has 0 aliphatic carbocycles. The van der Waals surface area contributed by atoms with E-state index in [0.29, 0.717) is 17.5 Å².